The Hall–Kier alpha value is -3.91. The minimum Gasteiger partial charge on any atom is -0.491 e. The number of aliphatic hydroxyl groups excluding tert-OH is 1. The van der Waals surface area contributed by atoms with E-state index in [2.05, 4.69) is 54.6 Å². The zero-order valence-corrected chi connectivity index (χ0v) is 19.1. The summed E-state index contributed by atoms with van der Waals surface area (Å²) in [6, 6.07) is 38.2. The number of ether oxygens (including phenoxy) is 1. The Morgan fingerprint density at radius 2 is 1.21 bits per heavy atom. The lowest BCUT2D eigenvalue weighted by molar-refractivity contribution is -0.930. The van der Waals surface area contributed by atoms with Gasteiger partial charge in [0.1, 0.15) is 38.1 Å². The predicted molar refractivity (Wildman–Crippen MR) is 134 cm³/mol. The second kappa shape index (κ2) is 11.8. The van der Waals surface area contributed by atoms with Crippen LogP contribution in [0.4, 0.5) is 0 Å². The van der Waals surface area contributed by atoms with E-state index in [1.807, 2.05) is 60.7 Å². The zero-order valence-electron chi connectivity index (χ0n) is 19.1. The third-order valence-corrected chi connectivity index (χ3v) is 5.76. The average Bonchev–Trinajstić information content (AvgIpc) is 2.89. The largest absolute Gasteiger partial charge is 0.491 e. The molecule has 4 aromatic carbocycles. The number of hydrogen-bond acceptors (Lipinski definition) is 3. The number of nitrogens with one attached hydrogen (secondary N) is 1. The Kier molecular flexibility index (Phi) is 8.08. The second-order valence-electron chi connectivity index (χ2n) is 8.46. The van der Waals surface area contributed by atoms with Crippen LogP contribution in [0.15, 0.2) is 109 Å². The molecule has 4 heteroatoms. The van der Waals surface area contributed by atoms with E-state index in [-0.39, 0.29) is 6.61 Å². The lowest BCUT2D eigenvalue weighted by Crippen LogP contribution is -3.10. The number of nitrogens with zero attached hydrogens (tertiary/aromatic N) is 1. The van der Waals surface area contributed by atoms with Crippen molar-refractivity contribution in [3.63, 3.8) is 0 Å². The number of quaternary nitrogens is 1. The molecule has 0 amide bonds. The fraction of sp³-hybridized carbons (Fsp3) is 0.167. The first-order valence-electron chi connectivity index (χ1n) is 11.5. The molecule has 4 nitrogen and oxygen atoms in total. The third kappa shape index (κ3) is 6.79. The van der Waals surface area contributed by atoms with Gasteiger partial charge >= 0.3 is 0 Å². The maximum Gasteiger partial charge on any atom is 0.137 e. The maximum absolute atomic E-state index is 10.7. The Morgan fingerprint density at radius 3 is 1.71 bits per heavy atom. The van der Waals surface area contributed by atoms with Crippen molar-refractivity contribution in [2.75, 3.05) is 13.2 Å². The number of benzene rings is 4. The summed E-state index contributed by atoms with van der Waals surface area (Å²) in [6.45, 7) is 2.51. The van der Waals surface area contributed by atoms with Crippen LogP contribution in [0.2, 0.25) is 0 Å². The molecule has 0 aliphatic carbocycles. The molecule has 0 radical (unpaired) electrons. The van der Waals surface area contributed by atoms with Gasteiger partial charge in [0, 0.05) is 11.1 Å². The van der Waals surface area contributed by atoms with Crippen molar-refractivity contribution in [3.8, 4) is 22.9 Å². The van der Waals surface area contributed by atoms with Gasteiger partial charge in [0.25, 0.3) is 0 Å². The van der Waals surface area contributed by atoms with Crippen LogP contribution in [0.1, 0.15) is 16.7 Å². The van der Waals surface area contributed by atoms with Crippen molar-refractivity contribution >= 4 is 0 Å². The monoisotopic (exact) mass is 449 g/mol. The van der Waals surface area contributed by atoms with E-state index in [0.717, 1.165) is 30.0 Å². The van der Waals surface area contributed by atoms with Crippen LogP contribution in [0.25, 0.3) is 11.1 Å². The number of rotatable bonds is 10. The molecule has 0 spiro atoms. The van der Waals surface area contributed by atoms with Crippen molar-refractivity contribution in [2.45, 2.75) is 19.2 Å². The molecule has 4 aromatic rings. The van der Waals surface area contributed by atoms with Gasteiger partial charge in [-0.05, 0) is 35.4 Å². The molecule has 170 valence electrons. The summed E-state index contributed by atoms with van der Waals surface area (Å²) in [5, 5.41) is 19.7. The van der Waals surface area contributed by atoms with Gasteiger partial charge in [0.15, 0.2) is 0 Å². The minimum atomic E-state index is -0.583. The van der Waals surface area contributed by atoms with Crippen LogP contribution >= 0.6 is 0 Å². The molecule has 0 aliphatic rings. The van der Waals surface area contributed by atoms with Crippen LogP contribution in [0.3, 0.4) is 0 Å². The molecular formula is C30H29N2O2+. The Morgan fingerprint density at radius 1 is 0.706 bits per heavy atom. The van der Waals surface area contributed by atoms with Crippen LogP contribution in [0.5, 0.6) is 5.75 Å². The van der Waals surface area contributed by atoms with Crippen molar-refractivity contribution in [3.05, 3.63) is 126 Å². The van der Waals surface area contributed by atoms with Gasteiger partial charge < -0.3 is 14.7 Å². The van der Waals surface area contributed by atoms with Crippen LogP contribution < -0.4 is 9.64 Å². The summed E-state index contributed by atoms with van der Waals surface area (Å²) in [5.41, 5.74) is 5.25. The van der Waals surface area contributed by atoms with E-state index in [1.54, 1.807) is 0 Å². The lowest BCUT2D eigenvalue weighted by atomic mass is 10.0. The smallest absolute Gasteiger partial charge is 0.137 e. The van der Waals surface area contributed by atoms with Crippen molar-refractivity contribution in [1.29, 1.82) is 5.26 Å². The highest BCUT2D eigenvalue weighted by Gasteiger charge is 2.17. The molecule has 34 heavy (non-hydrogen) atoms. The van der Waals surface area contributed by atoms with Crippen LogP contribution in [-0.2, 0) is 13.1 Å². The first-order chi connectivity index (χ1) is 16.7. The summed E-state index contributed by atoms with van der Waals surface area (Å²) in [6.07, 6.45) is -0.583. The second-order valence-corrected chi connectivity index (χ2v) is 8.46. The molecule has 4 rings (SSSR count). The van der Waals surface area contributed by atoms with E-state index in [4.69, 9.17) is 10.00 Å². The van der Waals surface area contributed by atoms with E-state index >= 15 is 0 Å². The number of hydrogen-bond donors (Lipinski definition) is 2. The SMILES string of the molecule is N#Cc1ccc(-c2ccc(OC[C@H](O)C[NH+](Cc3ccccc3)Cc3ccccc3)cc2)cc1. The van der Waals surface area contributed by atoms with Gasteiger partial charge in [-0.25, -0.2) is 0 Å². The standard InChI is InChI=1S/C30H28N2O2/c31-19-24-11-13-27(14-12-24)28-15-17-30(18-16-28)34-23-29(33)22-32(20-25-7-3-1-4-8-25)21-26-9-5-2-6-10-26/h1-18,29,33H,20-23H2/p+1/t29-/m1/s1. The molecule has 0 aromatic heterocycles. The van der Waals surface area contributed by atoms with Gasteiger partial charge in [-0.3, -0.25) is 0 Å². The highest BCUT2D eigenvalue weighted by atomic mass is 16.5. The molecule has 0 unspecified atom stereocenters. The summed E-state index contributed by atoms with van der Waals surface area (Å²) < 4.78 is 5.89. The van der Waals surface area contributed by atoms with E-state index in [1.165, 1.54) is 16.0 Å². The lowest BCUT2D eigenvalue weighted by Gasteiger charge is -2.23. The molecule has 0 saturated carbocycles. The van der Waals surface area contributed by atoms with Gasteiger partial charge in [-0.2, -0.15) is 5.26 Å². The van der Waals surface area contributed by atoms with E-state index < -0.39 is 6.10 Å². The Bertz CT molecular complexity index is 1140. The van der Waals surface area contributed by atoms with E-state index in [9.17, 15) is 5.11 Å². The van der Waals surface area contributed by atoms with Crippen LogP contribution in [-0.4, -0.2) is 24.4 Å². The summed E-state index contributed by atoms with van der Waals surface area (Å²) in [7, 11) is 0. The third-order valence-electron chi connectivity index (χ3n) is 5.76. The van der Waals surface area contributed by atoms with Gasteiger partial charge in [0.05, 0.1) is 11.6 Å². The topological polar surface area (TPSA) is 57.7 Å². The molecule has 0 aliphatic heterocycles. The molecule has 0 bridgehead atoms. The molecule has 0 fully saturated rings. The van der Waals surface area contributed by atoms with Crippen molar-refractivity contribution < 1.29 is 14.7 Å². The van der Waals surface area contributed by atoms with Crippen molar-refractivity contribution in [1.82, 2.24) is 0 Å². The summed E-state index contributed by atoms with van der Waals surface area (Å²) in [5.74, 6) is 0.726. The van der Waals surface area contributed by atoms with E-state index in [0.29, 0.717) is 12.1 Å². The number of nitriles is 1. The molecule has 0 heterocycles. The zero-order chi connectivity index (χ0) is 23.6. The first-order valence-corrected chi connectivity index (χ1v) is 11.5. The average molecular weight is 450 g/mol. The fourth-order valence-corrected chi connectivity index (χ4v) is 4.04. The van der Waals surface area contributed by atoms with Gasteiger partial charge in [0.2, 0.25) is 0 Å². The van der Waals surface area contributed by atoms with Crippen molar-refractivity contribution in [2.24, 2.45) is 0 Å². The Balaban J connectivity index is 1.34. The fourth-order valence-electron chi connectivity index (χ4n) is 4.04. The normalized spacial score (nSPS) is 11.7. The van der Waals surface area contributed by atoms with Gasteiger partial charge in [-0.15, -0.1) is 0 Å². The summed E-state index contributed by atoms with van der Waals surface area (Å²) in [4.78, 5) is 1.28. The molecule has 0 saturated heterocycles. The number of aliphatic hydroxyl groups is 1. The molecule has 2 N–H and O–H groups in total. The molecular weight excluding hydrogens is 420 g/mol. The quantitative estimate of drug-likeness (QED) is 0.381. The van der Waals surface area contributed by atoms with Crippen LogP contribution in [0, 0.1) is 11.3 Å². The maximum atomic E-state index is 10.7. The highest BCUT2D eigenvalue weighted by Crippen LogP contribution is 2.22. The minimum absolute atomic E-state index is 0.239. The highest BCUT2D eigenvalue weighted by molar-refractivity contribution is 5.64. The summed E-state index contributed by atoms with van der Waals surface area (Å²) >= 11 is 0. The predicted octanol–water partition coefficient (Wildman–Crippen LogP) is 4.25. The molecule has 1 atom stereocenters. The Labute approximate surface area is 201 Å². The first kappa shape index (κ1) is 23.3. The van der Waals surface area contributed by atoms with Gasteiger partial charge in [-0.1, -0.05) is 84.9 Å².